The SMILES string of the molecule is C=CCOC(=O)c1ccc(NC(=O)[C@H](O)Cc2ccccc2)cc1. The van der Waals surface area contributed by atoms with Gasteiger partial charge >= 0.3 is 5.97 Å². The van der Waals surface area contributed by atoms with Crippen molar-refractivity contribution < 1.29 is 19.4 Å². The van der Waals surface area contributed by atoms with Gasteiger partial charge in [-0.15, -0.1) is 0 Å². The molecule has 1 amide bonds. The van der Waals surface area contributed by atoms with E-state index in [-0.39, 0.29) is 13.0 Å². The molecular formula is C19H19NO4. The van der Waals surface area contributed by atoms with E-state index in [1.807, 2.05) is 30.3 Å². The third kappa shape index (κ3) is 5.07. The Hall–Kier alpha value is -2.92. The zero-order valence-electron chi connectivity index (χ0n) is 13.1. The molecule has 0 saturated heterocycles. The molecule has 0 aliphatic carbocycles. The number of carbonyl (C=O) groups excluding carboxylic acids is 2. The Morgan fingerprint density at radius 3 is 2.42 bits per heavy atom. The molecule has 5 nitrogen and oxygen atoms in total. The molecule has 0 spiro atoms. The minimum absolute atomic E-state index is 0.142. The van der Waals surface area contributed by atoms with Crippen molar-refractivity contribution in [1.29, 1.82) is 0 Å². The first kappa shape index (κ1) is 17.4. The van der Waals surface area contributed by atoms with Gasteiger partial charge in [0.2, 0.25) is 0 Å². The average Bonchev–Trinajstić information content (AvgIpc) is 2.61. The van der Waals surface area contributed by atoms with Gasteiger partial charge in [-0.1, -0.05) is 43.0 Å². The summed E-state index contributed by atoms with van der Waals surface area (Å²) in [6.07, 6.45) is 0.573. The minimum atomic E-state index is -1.15. The van der Waals surface area contributed by atoms with Gasteiger partial charge in [0.25, 0.3) is 5.91 Å². The Balaban J connectivity index is 1.91. The lowest BCUT2D eigenvalue weighted by Crippen LogP contribution is -2.29. The molecule has 0 unspecified atom stereocenters. The van der Waals surface area contributed by atoms with Crippen molar-refractivity contribution in [3.63, 3.8) is 0 Å². The van der Waals surface area contributed by atoms with Gasteiger partial charge in [0, 0.05) is 12.1 Å². The molecule has 0 heterocycles. The smallest absolute Gasteiger partial charge is 0.338 e. The van der Waals surface area contributed by atoms with Crippen LogP contribution in [0.15, 0.2) is 67.3 Å². The molecule has 0 saturated carbocycles. The molecule has 2 N–H and O–H groups in total. The highest BCUT2D eigenvalue weighted by Crippen LogP contribution is 2.12. The fourth-order valence-electron chi connectivity index (χ4n) is 2.06. The van der Waals surface area contributed by atoms with Crippen LogP contribution in [0.25, 0.3) is 0 Å². The van der Waals surface area contributed by atoms with Crippen LogP contribution in [0.1, 0.15) is 15.9 Å². The number of ether oxygens (including phenoxy) is 1. The maximum absolute atomic E-state index is 12.0. The Bertz CT molecular complexity index is 695. The number of nitrogens with one attached hydrogen (secondary N) is 1. The number of hydrogen-bond acceptors (Lipinski definition) is 4. The van der Waals surface area contributed by atoms with E-state index in [4.69, 9.17) is 4.74 Å². The van der Waals surface area contributed by atoms with Crippen molar-refractivity contribution in [3.05, 3.63) is 78.4 Å². The summed E-state index contributed by atoms with van der Waals surface area (Å²) in [5.41, 5.74) is 1.74. The Morgan fingerprint density at radius 2 is 1.79 bits per heavy atom. The highest BCUT2D eigenvalue weighted by Gasteiger charge is 2.16. The van der Waals surface area contributed by atoms with Gasteiger partial charge < -0.3 is 15.2 Å². The summed E-state index contributed by atoms with van der Waals surface area (Å²) >= 11 is 0. The molecule has 2 aromatic rings. The number of amides is 1. The predicted octanol–water partition coefficient (Wildman–Crippen LogP) is 2.57. The van der Waals surface area contributed by atoms with Crippen LogP contribution in [0.5, 0.6) is 0 Å². The van der Waals surface area contributed by atoms with E-state index < -0.39 is 18.0 Å². The fraction of sp³-hybridized carbons (Fsp3) is 0.158. The number of anilines is 1. The van der Waals surface area contributed by atoms with Gasteiger partial charge in [-0.2, -0.15) is 0 Å². The largest absolute Gasteiger partial charge is 0.458 e. The number of esters is 1. The van der Waals surface area contributed by atoms with Crippen LogP contribution in [-0.4, -0.2) is 29.7 Å². The Kier molecular flexibility index (Phi) is 6.28. The first-order valence-corrected chi connectivity index (χ1v) is 7.51. The van der Waals surface area contributed by atoms with E-state index >= 15 is 0 Å². The van der Waals surface area contributed by atoms with Crippen LogP contribution in [0.3, 0.4) is 0 Å². The molecule has 0 aliphatic heterocycles. The van der Waals surface area contributed by atoms with E-state index in [9.17, 15) is 14.7 Å². The molecule has 1 atom stereocenters. The predicted molar refractivity (Wildman–Crippen MR) is 91.7 cm³/mol. The molecule has 24 heavy (non-hydrogen) atoms. The summed E-state index contributed by atoms with van der Waals surface area (Å²) in [5.74, 6) is -0.960. The number of hydrogen-bond donors (Lipinski definition) is 2. The summed E-state index contributed by atoms with van der Waals surface area (Å²) in [5, 5.41) is 12.6. The fourth-order valence-corrected chi connectivity index (χ4v) is 2.06. The summed E-state index contributed by atoms with van der Waals surface area (Å²) in [6, 6.07) is 15.5. The second kappa shape index (κ2) is 8.64. The van der Waals surface area contributed by atoms with Gasteiger partial charge in [-0.25, -0.2) is 4.79 Å². The summed E-state index contributed by atoms with van der Waals surface area (Å²) in [6.45, 7) is 3.61. The van der Waals surface area contributed by atoms with Crippen molar-refractivity contribution in [2.24, 2.45) is 0 Å². The first-order valence-electron chi connectivity index (χ1n) is 7.51. The Labute approximate surface area is 140 Å². The lowest BCUT2D eigenvalue weighted by Gasteiger charge is -2.12. The van der Waals surface area contributed by atoms with E-state index in [1.54, 1.807) is 24.3 Å². The molecule has 0 radical (unpaired) electrons. The van der Waals surface area contributed by atoms with Crippen LogP contribution in [0.4, 0.5) is 5.69 Å². The summed E-state index contributed by atoms with van der Waals surface area (Å²) in [4.78, 5) is 23.7. The quantitative estimate of drug-likeness (QED) is 0.606. The molecule has 0 fully saturated rings. The minimum Gasteiger partial charge on any atom is -0.458 e. The van der Waals surface area contributed by atoms with Crippen LogP contribution in [0, 0.1) is 0 Å². The molecule has 2 aromatic carbocycles. The van der Waals surface area contributed by atoms with Crippen molar-refractivity contribution in [2.75, 3.05) is 11.9 Å². The van der Waals surface area contributed by atoms with E-state index in [1.165, 1.54) is 6.08 Å². The highest BCUT2D eigenvalue weighted by molar-refractivity contribution is 5.95. The van der Waals surface area contributed by atoms with E-state index in [2.05, 4.69) is 11.9 Å². The zero-order valence-corrected chi connectivity index (χ0v) is 13.1. The maximum atomic E-state index is 12.0. The number of benzene rings is 2. The normalized spacial score (nSPS) is 11.4. The monoisotopic (exact) mass is 325 g/mol. The van der Waals surface area contributed by atoms with Crippen molar-refractivity contribution in [3.8, 4) is 0 Å². The van der Waals surface area contributed by atoms with Crippen molar-refractivity contribution in [1.82, 2.24) is 0 Å². The van der Waals surface area contributed by atoms with Crippen LogP contribution in [-0.2, 0) is 16.0 Å². The van der Waals surface area contributed by atoms with Crippen LogP contribution >= 0.6 is 0 Å². The van der Waals surface area contributed by atoms with Crippen molar-refractivity contribution in [2.45, 2.75) is 12.5 Å². The molecule has 124 valence electrons. The zero-order chi connectivity index (χ0) is 17.4. The van der Waals surface area contributed by atoms with E-state index in [0.29, 0.717) is 11.3 Å². The van der Waals surface area contributed by atoms with Gasteiger partial charge in [-0.3, -0.25) is 4.79 Å². The first-order chi connectivity index (χ1) is 11.6. The van der Waals surface area contributed by atoms with Gasteiger partial charge in [0.1, 0.15) is 12.7 Å². The lowest BCUT2D eigenvalue weighted by molar-refractivity contribution is -0.123. The standard InChI is InChI=1S/C19H19NO4/c1-2-12-24-19(23)15-8-10-16(11-9-15)20-18(22)17(21)13-14-6-4-3-5-7-14/h2-11,17,21H,1,12-13H2,(H,20,22)/t17-/m1/s1. The number of carbonyl (C=O) groups is 2. The number of aliphatic hydroxyl groups is 1. The van der Waals surface area contributed by atoms with Crippen LogP contribution in [0.2, 0.25) is 0 Å². The molecule has 0 bridgehead atoms. The number of rotatable bonds is 7. The van der Waals surface area contributed by atoms with Crippen molar-refractivity contribution >= 4 is 17.6 Å². The van der Waals surface area contributed by atoms with Gasteiger partial charge in [0.05, 0.1) is 5.56 Å². The third-order valence-corrected chi connectivity index (χ3v) is 3.29. The average molecular weight is 325 g/mol. The van der Waals surface area contributed by atoms with Gasteiger partial charge in [0.15, 0.2) is 0 Å². The molecule has 2 rings (SSSR count). The molecular weight excluding hydrogens is 306 g/mol. The van der Waals surface area contributed by atoms with E-state index in [0.717, 1.165) is 5.56 Å². The molecule has 0 aromatic heterocycles. The molecule has 5 heteroatoms. The van der Waals surface area contributed by atoms with Crippen LogP contribution < -0.4 is 5.32 Å². The second-order valence-corrected chi connectivity index (χ2v) is 5.16. The Morgan fingerprint density at radius 1 is 1.12 bits per heavy atom. The summed E-state index contributed by atoms with van der Waals surface area (Å²) in [7, 11) is 0. The topological polar surface area (TPSA) is 75.6 Å². The summed E-state index contributed by atoms with van der Waals surface area (Å²) < 4.78 is 4.92. The maximum Gasteiger partial charge on any atom is 0.338 e. The molecule has 0 aliphatic rings. The highest BCUT2D eigenvalue weighted by atomic mass is 16.5. The van der Waals surface area contributed by atoms with Gasteiger partial charge in [-0.05, 0) is 29.8 Å². The second-order valence-electron chi connectivity index (χ2n) is 5.16. The lowest BCUT2D eigenvalue weighted by atomic mass is 10.1. The number of aliphatic hydroxyl groups excluding tert-OH is 1. The third-order valence-electron chi connectivity index (χ3n) is 3.29.